The molecule has 0 aromatic heterocycles. The molecule has 96 valence electrons. The van der Waals surface area contributed by atoms with Gasteiger partial charge in [0.25, 0.3) is 0 Å². The van der Waals surface area contributed by atoms with E-state index in [-0.39, 0.29) is 16.2 Å². The second-order valence-corrected chi connectivity index (χ2v) is 4.82. The van der Waals surface area contributed by atoms with Crippen LogP contribution in [-0.2, 0) is 4.79 Å². The third-order valence-electron chi connectivity index (χ3n) is 2.15. The molecule has 0 saturated carbocycles. The van der Waals surface area contributed by atoms with Crippen LogP contribution in [0.25, 0.3) is 6.08 Å². The number of carboxylic acid groups (broad SMARTS) is 1. The van der Waals surface area contributed by atoms with Gasteiger partial charge in [0.2, 0.25) is 0 Å². The number of benzene rings is 1. The van der Waals surface area contributed by atoms with E-state index in [4.69, 9.17) is 5.11 Å². The zero-order chi connectivity index (χ0) is 13.5. The summed E-state index contributed by atoms with van der Waals surface area (Å²) in [6, 6.07) is 4.23. The van der Waals surface area contributed by atoms with E-state index in [9.17, 15) is 14.0 Å². The van der Waals surface area contributed by atoms with Gasteiger partial charge in [-0.05, 0) is 12.5 Å². The van der Waals surface area contributed by atoms with Crippen molar-refractivity contribution in [2.75, 3.05) is 5.75 Å². The summed E-state index contributed by atoms with van der Waals surface area (Å²) in [6.07, 6.45) is 3.88. The lowest BCUT2D eigenvalue weighted by molar-refractivity contribution is -0.109. The summed E-state index contributed by atoms with van der Waals surface area (Å²) in [6.45, 7) is 1.49. The van der Waals surface area contributed by atoms with E-state index < -0.39 is 11.8 Å². The van der Waals surface area contributed by atoms with Crippen molar-refractivity contribution in [3.63, 3.8) is 0 Å². The van der Waals surface area contributed by atoms with Gasteiger partial charge in [0.1, 0.15) is 5.82 Å². The molecule has 0 aliphatic rings. The minimum Gasteiger partial charge on any atom is -0.478 e. The molecule has 0 atom stereocenters. The standard InChI is InChI=1S/C13H13FO3S/c1-9(15)18-8-3-2-5-10-6-4-7-11(12(10)14)13(16)17/h2,4-7H,3,8H2,1H3,(H,16,17). The van der Waals surface area contributed by atoms with Crippen molar-refractivity contribution in [1.82, 2.24) is 0 Å². The van der Waals surface area contributed by atoms with Gasteiger partial charge >= 0.3 is 5.97 Å². The Balaban J connectivity index is 2.67. The van der Waals surface area contributed by atoms with Gasteiger partial charge in [0.05, 0.1) is 5.56 Å². The normalized spacial score (nSPS) is 10.8. The first-order valence-corrected chi connectivity index (χ1v) is 6.32. The Bertz CT molecular complexity index is 483. The van der Waals surface area contributed by atoms with E-state index >= 15 is 0 Å². The fourth-order valence-electron chi connectivity index (χ4n) is 1.32. The van der Waals surface area contributed by atoms with Crippen molar-refractivity contribution in [2.45, 2.75) is 13.3 Å². The summed E-state index contributed by atoms with van der Waals surface area (Å²) in [5.41, 5.74) is -0.0991. The molecule has 1 aromatic carbocycles. The molecule has 0 unspecified atom stereocenters. The number of carbonyl (C=O) groups is 2. The minimum atomic E-state index is -1.28. The zero-order valence-electron chi connectivity index (χ0n) is 9.85. The smallest absolute Gasteiger partial charge is 0.338 e. The molecule has 18 heavy (non-hydrogen) atoms. The molecule has 1 rings (SSSR count). The van der Waals surface area contributed by atoms with E-state index in [0.717, 1.165) is 0 Å². The number of allylic oxidation sites excluding steroid dienone is 1. The van der Waals surface area contributed by atoms with E-state index in [0.29, 0.717) is 12.2 Å². The predicted octanol–water partition coefficient (Wildman–Crippen LogP) is 3.21. The molecule has 0 bridgehead atoms. The monoisotopic (exact) mass is 268 g/mol. The highest BCUT2D eigenvalue weighted by Crippen LogP contribution is 2.15. The summed E-state index contributed by atoms with van der Waals surface area (Å²) in [7, 11) is 0. The van der Waals surface area contributed by atoms with Crippen molar-refractivity contribution in [3.8, 4) is 0 Å². The molecule has 0 aliphatic carbocycles. The molecule has 3 nitrogen and oxygen atoms in total. The molecule has 0 heterocycles. The maximum Gasteiger partial charge on any atom is 0.338 e. The van der Waals surface area contributed by atoms with Crippen LogP contribution in [-0.4, -0.2) is 21.9 Å². The summed E-state index contributed by atoms with van der Waals surface area (Å²) in [5, 5.41) is 8.80. The lowest BCUT2D eigenvalue weighted by atomic mass is 10.1. The van der Waals surface area contributed by atoms with E-state index in [1.165, 1.54) is 43.0 Å². The molecule has 0 radical (unpaired) electrons. The first kappa shape index (κ1) is 14.4. The van der Waals surface area contributed by atoms with Crippen molar-refractivity contribution in [2.24, 2.45) is 0 Å². The fraction of sp³-hybridized carbons (Fsp3) is 0.231. The van der Waals surface area contributed by atoms with Gasteiger partial charge in [-0.15, -0.1) is 0 Å². The Morgan fingerprint density at radius 2 is 2.17 bits per heavy atom. The Kier molecular flexibility index (Phi) is 5.58. The van der Waals surface area contributed by atoms with Crippen LogP contribution in [0.3, 0.4) is 0 Å². The number of hydrogen-bond donors (Lipinski definition) is 1. The molecular weight excluding hydrogens is 255 g/mol. The third kappa shape index (κ3) is 4.33. The Labute approximate surface area is 109 Å². The fourth-order valence-corrected chi connectivity index (χ4v) is 1.87. The maximum absolute atomic E-state index is 13.7. The first-order chi connectivity index (χ1) is 8.52. The number of carboxylic acids is 1. The number of hydrogen-bond acceptors (Lipinski definition) is 3. The highest BCUT2D eigenvalue weighted by Gasteiger charge is 2.11. The summed E-state index contributed by atoms with van der Waals surface area (Å²) < 4.78 is 13.7. The number of halogens is 1. The predicted molar refractivity (Wildman–Crippen MR) is 70.1 cm³/mol. The number of thioether (sulfide) groups is 1. The Morgan fingerprint density at radius 3 is 2.78 bits per heavy atom. The van der Waals surface area contributed by atoms with Crippen LogP contribution in [0, 0.1) is 5.82 Å². The molecule has 0 spiro atoms. The van der Waals surface area contributed by atoms with Crippen molar-refractivity contribution >= 4 is 28.9 Å². The average molecular weight is 268 g/mol. The van der Waals surface area contributed by atoms with Gasteiger partial charge in [0.15, 0.2) is 5.12 Å². The molecule has 1 N–H and O–H groups in total. The van der Waals surface area contributed by atoms with Crippen LogP contribution in [0.1, 0.15) is 29.3 Å². The van der Waals surface area contributed by atoms with Gasteiger partial charge in [0, 0.05) is 18.2 Å². The van der Waals surface area contributed by atoms with Gasteiger partial charge in [-0.3, -0.25) is 4.79 Å². The Morgan fingerprint density at radius 1 is 1.44 bits per heavy atom. The van der Waals surface area contributed by atoms with E-state index in [2.05, 4.69) is 0 Å². The summed E-state index contributed by atoms with van der Waals surface area (Å²) in [5.74, 6) is -1.39. The van der Waals surface area contributed by atoms with Crippen molar-refractivity contribution in [3.05, 3.63) is 41.2 Å². The van der Waals surface area contributed by atoms with E-state index in [1.54, 1.807) is 6.08 Å². The molecular formula is C13H13FO3S. The van der Waals surface area contributed by atoms with Crippen LogP contribution in [0.2, 0.25) is 0 Å². The minimum absolute atomic E-state index is 0.0439. The summed E-state index contributed by atoms with van der Waals surface area (Å²) >= 11 is 1.20. The van der Waals surface area contributed by atoms with E-state index in [1.807, 2.05) is 0 Å². The topological polar surface area (TPSA) is 54.4 Å². The van der Waals surface area contributed by atoms with Crippen LogP contribution in [0.4, 0.5) is 4.39 Å². The van der Waals surface area contributed by atoms with Crippen LogP contribution in [0.5, 0.6) is 0 Å². The van der Waals surface area contributed by atoms with Crippen LogP contribution in [0.15, 0.2) is 24.3 Å². The maximum atomic E-state index is 13.7. The van der Waals surface area contributed by atoms with Crippen LogP contribution >= 0.6 is 11.8 Å². The second-order valence-electron chi connectivity index (χ2n) is 3.55. The lowest BCUT2D eigenvalue weighted by Gasteiger charge is -2.00. The molecule has 0 fully saturated rings. The highest BCUT2D eigenvalue weighted by molar-refractivity contribution is 8.13. The quantitative estimate of drug-likeness (QED) is 0.833. The van der Waals surface area contributed by atoms with Gasteiger partial charge in [-0.1, -0.05) is 36.0 Å². The second kappa shape index (κ2) is 6.96. The third-order valence-corrected chi connectivity index (χ3v) is 2.99. The van der Waals surface area contributed by atoms with Crippen molar-refractivity contribution in [1.29, 1.82) is 0 Å². The number of rotatable bonds is 5. The molecule has 0 aliphatic heterocycles. The molecule has 0 saturated heterocycles. The SMILES string of the molecule is CC(=O)SCCC=Cc1cccc(C(=O)O)c1F. The van der Waals surface area contributed by atoms with Crippen LogP contribution < -0.4 is 0 Å². The largest absolute Gasteiger partial charge is 0.478 e. The highest BCUT2D eigenvalue weighted by atomic mass is 32.2. The molecule has 1 aromatic rings. The number of carbonyl (C=O) groups excluding carboxylic acids is 1. The van der Waals surface area contributed by atoms with Gasteiger partial charge in [-0.25, -0.2) is 9.18 Å². The van der Waals surface area contributed by atoms with Crippen molar-refractivity contribution < 1.29 is 19.1 Å². The van der Waals surface area contributed by atoms with Gasteiger partial charge < -0.3 is 5.11 Å². The number of aromatic carboxylic acids is 1. The summed E-state index contributed by atoms with van der Waals surface area (Å²) in [4.78, 5) is 21.4. The molecule has 5 heteroatoms. The lowest BCUT2D eigenvalue weighted by Crippen LogP contribution is -2.01. The zero-order valence-corrected chi connectivity index (χ0v) is 10.7. The van der Waals surface area contributed by atoms with Gasteiger partial charge in [-0.2, -0.15) is 0 Å². The Hall–Kier alpha value is -1.62. The average Bonchev–Trinajstić information content (AvgIpc) is 2.30. The first-order valence-electron chi connectivity index (χ1n) is 5.34. The molecule has 0 amide bonds.